The van der Waals surface area contributed by atoms with Gasteiger partial charge in [-0.05, 0) is 55.9 Å². The van der Waals surface area contributed by atoms with Crippen LogP contribution >= 0.6 is 0 Å². The standard InChI is InChI=1S/C21H24N2O3S.CH2O2/c22-27(25,26)20-12-5-4-11-19(20)17-9-6-10-18(15-17)21(24)23-14-13-16-7-2-1-3-8-16;2-1-3/h4-7,9-12,15H,1-3,8,13-14H2,(H,23,24)(H2,22,25,26);1H,(H,2,3). The van der Waals surface area contributed by atoms with Crippen molar-refractivity contribution in [3.63, 3.8) is 0 Å². The lowest BCUT2D eigenvalue weighted by Crippen LogP contribution is -2.24. The minimum Gasteiger partial charge on any atom is -0.483 e. The third-order valence-electron chi connectivity index (χ3n) is 4.75. The molecule has 7 nitrogen and oxygen atoms in total. The van der Waals surface area contributed by atoms with Crippen molar-refractivity contribution in [1.29, 1.82) is 0 Å². The topological polar surface area (TPSA) is 127 Å². The van der Waals surface area contributed by atoms with Crippen molar-refractivity contribution >= 4 is 22.4 Å². The Kier molecular flexibility index (Phi) is 8.76. The lowest BCUT2D eigenvalue weighted by Gasteiger charge is -2.13. The molecule has 0 aromatic heterocycles. The third kappa shape index (κ3) is 6.82. The van der Waals surface area contributed by atoms with Gasteiger partial charge in [0.15, 0.2) is 0 Å². The molecule has 4 N–H and O–H groups in total. The lowest BCUT2D eigenvalue weighted by molar-refractivity contribution is -0.122. The number of amides is 1. The van der Waals surface area contributed by atoms with Gasteiger partial charge in [-0.2, -0.15) is 0 Å². The fourth-order valence-corrected chi connectivity index (χ4v) is 4.11. The van der Waals surface area contributed by atoms with Crippen LogP contribution in [0.5, 0.6) is 0 Å². The van der Waals surface area contributed by atoms with E-state index >= 15 is 0 Å². The first kappa shape index (κ1) is 23.3. The van der Waals surface area contributed by atoms with Gasteiger partial charge in [0.1, 0.15) is 0 Å². The number of hydrogen-bond donors (Lipinski definition) is 3. The van der Waals surface area contributed by atoms with E-state index in [1.54, 1.807) is 42.5 Å². The second-order valence-electron chi connectivity index (χ2n) is 6.84. The summed E-state index contributed by atoms with van der Waals surface area (Å²) in [7, 11) is -3.85. The van der Waals surface area contributed by atoms with E-state index in [1.165, 1.54) is 24.5 Å². The number of nitrogens with one attached hydrogen (secondary N) is 1. The first-order chi connectivity index (χ1) is 14.4. The Bertz CT molecular complexity index is 1020. The number of allylic oxidation sites excluding steroid dienone is 1. The van der Waals surface area contributed by atoms with Crippen molar-refractivity contribution in [1.82, 2.24) is 5.32 Å². The number of rotatable bonds is 6. The van der Waals surface area contributed by atoms with Crippen molar-refractivity contribution in [2.45, 2.75) is 37.0 Å². The van der Waals surface area contributed by atoms with E-state index in [4.69, 9.17) is 15.0 Å². The summed E-state index contributed by atoms with van der Waals surface area (Å²) in [5.74, 6) is -0.165. The predicted octanol–water partition coefficient (Wildman–Crippen LogP) is 3.32. The Labute approximate surface area is 176 Å². The zero-order chi connectivity index (χ0) is 22.0. The van der Waals surface area contributed by atoms with E-state index in [1.807, 2.05) is 0 Å². The van der Waals surface area contributed by atoms with Crippen LogP contribution in [0, 0.1) is 0 Å². The average Bonchev–Trinajstić information content (AvgIpc) is 2.74. The Morgan fingerprint density at radius 1 is 1.13 bits per heavy atom. The third-order valence-corrected chi connectivity index (χ3v) is 5.72. The number of carboxylic acid groups (broad SMARTS) is 1. The van der Waals surface area contributed by atoms with Crippen LogP contribution in [0.4, 0.5) is 0 Å². The molecule has 0 saturated heterocycles. The SMILES string of the molecule is NS(=O)(=O)c1ccccc1-c1cccc(C(=O)NCCC2=CCCCC2)c1.O=CO. The van der Waals surface area contributed by atoms with Gasteiger partial charge in [-0.1, -0.05) is 42.0 Å². The van der Waals surface area contributed by atoms with Gasteiger partial charge in [-0.3, -0.25) is 9.59 Å². The molecule has 0 fully saturated rings. The van der Waals surface area contributed by atoms with Crippen molar-refractivity contribution in [3.8, 4) is 11.1 Å². The highest BCUT2D eigenvalue weighted by molar-refractivity contribution is 7.89. The highest BCUT2D eigenvalue weighted by atomic mass is 32.2. The van der Waals surface area contributed by atoms with Crippen LogP contribution < -0.4 is 10.5 Å². The highest BCUT2D eigenvalue weighted by Crippen LogP contribution is 2.27. The summed E-state index contributed by atoms with van der Waals surface area (Å²) in [6.07, 6.45) is 7.89. The molecule has 3 rings (SSSR count). The Morgan fingerprint density at radius 2 is 1.87 bits per heavy atom. The normalized spacial score (nSPS) is 13.4. The minimum absolute atomic E-state index is 0.0480. The first-order valence-corrected chi connectivity index (χ1v) is 11.2. The van der Waals surface area contributed by atoms with Gasteiger partial charge in [0.25, 0.3) is 12.4 Å². The summed E-state index contributed by atoms with van der Waals surface area (Å²) in [6, 6.07) is 13.5. The van der Waals surface area contributed by atoms with Crippen LogP contribution in [0.25, 0.3) is 11.1 Å². The van der Waals surface area contributed by atoms with Gasteiger partial charge in [-0.15, -0.1) is 0 Å². The molecule has 160 valence electrons. The molecule has 0 spiro atoms. The van der Waals surface area contributed by atoms with E-state index < -0.39 is 10.0 Å². The zero-order valence-electron chi connectivity index (χ0n) is 16.6. The van der Waals surface area contributed by atoms with Gasteiger partial charge in [0.05, 0.1) is 4.90 Å². The number of hydrogen-bond acceptors (Lipinski definition) is 4. The second kappa shape index (κ2) is 11.3. The molecule has 0 radical (unpaired) electrons. The van der Waals surface area contributed by atoms with Gasteiger partial charge < -0.3 is 10.4 Å². The number of primary sulfonamides is 1. The van der Waals surface area contributed by atoms with E-state index in [0.717, 1.165) is 19.3 Å². The summed E-state index contributed by atoms with van der Waals surface area (Å²) < 4.78 is 23.7. The fourth-order valence-electron chi connectivity index (χ4n) is 3.35. The molecule has 0 bridgehead atoms. The maximum Gasteiger partial charge on any atom is 0.290 e. The molecule has 0 unspecified atom stereocenters. The predicted molar refractivity (Wildman–Crippen MR) is 115 cm³/mol. The molecule has 1 amide bonds. The number of carbonyl (C=O) groups excluding carboxylic acids is 1. The number of sulfonamides is 1. The summed E-state index contributed by atoms with van der Waals surface area (Å²) >= 11 is 0. The second-order valence-corrected chi connectivity index (χ2v) is 8.37. The van der Waals surface area contributed by atoms with Gasteiger partial charge in [0, 0.05) is 17.7 Å². The van der Waals surface area contributed by atoms with Gasteiger partial charge in [-0.25, -0.2) is 13.6 Å². The van der Waals surface area contributed by atoms with Crippen molar-refractivity contribution in [2.24, 2.45) is 5.14 Å². The molecule has 1 aliphatic rings. The van der Waals surface area contributed by atoms with Crippen molar-refractivity contribution < 1.29 is 23.1 Å². The average molecular weight is 431 g/mol. The molecule has 1 aliphatic carbocycles. The first-order valence-electron chi connectivity index (χ1n) is 9.63. The molecule has 2 aromatic carbocycles. The Balaban J connectivity index is 0.00000101. The molecule has 0 saturated carbocycles. The monoisotopic (exact) mass is 430 g/mol. The van der Waals surface area contributed by atoms with Crippen LogP contribution in [0.3, 0.4) is 0 Å². The minimum atomic E-state index is -3.85. The van der Waals surface area contributed by atoms with Gasteiger partial charge in [0.2, 0.25) is 10.0 Å². The van der Waals surface area contributed by atoms with Crippen LogP contribution in [0.15, 0.2) is 65.1 Å². The smallest absolute Gasteiger partial charge is 0.290 e. The fraction of sp³-hybridized carbons (Fsp3) is 0.273. The molecular formula is C22H26N2O5S. The number of carbonyl (C=O) groups is 2. The van der Waals surface area contributed by atoms with Crippen LogP contribution in [0.2, 0.25) is 0 Å². The summed E-state index contributed by atoms with van der Waals surface area (Å²) in [5, 5.41) is 15.2. The van der Waals surface area contributed by atoms with Crippen molar-refractivity contribution in [2.75, 3.05) is 6.54 Å². The lowest BCUT2D eigenvalue weighted by atomic mass is 9.97. The van der Waals surface area contributed by atoms with E-state index in [0.29, 0.717) is 23.2 Å². The van der Waals surface area contributed by atoms with E-state index in [2.05, 4.69) is 11.4 Å². The maximum atomic E-state index is 12.5. The summed E-state index contributed by atoms with van der Waals surface area (Å²) in [4.78, 5) is 20.9. The molecule has 0 aliphatic heterocycles. The quantitative estimate of drug-likeness (QED) is 0.479. The molecular weight excluding hydrogens is 404 g/mol. The van der Waals surface area contributed by atoms with E-state index in [-0.39, 0.29) is 17.3 Å². The van der Waals surface area contributed by atoms with Crippen LogP contribution in [-0.4, -0.2) is 32.4 Å². The molecule has 0 atom stereocenters. The van der Waals surface area contributed by atoms with Gasteiger partial charge >= 0.3 is 0 Å². The van der Waals surface area contributed by atoms with E-state index in [9.17, 15) is 13.2 Å². The largest absolute Gasteiger partial charge is 0.483 e. The van der Waals surface area contributed by atoms with Crippen LogP contribution in [-0.2, 0) is 14.8 Å². The van der Waals surface area contributed by atoms with Crippen molar-refractivity contribution in [3.05, 3.63) is 65.7 Å². The highest BCUT2D eigenvalue weighted by Gasteiger charge is 2.15. The Hall–Kier alpha value is -2.97. The molecule has 8 heteroatoms. The number of nitrogens with two attached hydrogens (primary N) is 1. The molecule has 0 heterocycles. The summed E-state index contributed by atoms with van der Waals surface area (Å²) in [5.41, 5.74) is 3.04. The Morgan fingerprint density at radius 3 is 2.53 bits per heavy atom. The zero-order valence-corrected chi connectivity index (χ0v) is 17.4. The van der Waals surface area contributed by atoms with Crippen LogP contribution in [0.1, 0.15) is 42.5 Å². The summed E-state index contributed by atoms with van der Waals surface area (Å²) in [6.45, 7) is 0.350. The molecule has 2 aromatic rings. The number of benzene rings is 2. The molecule has 30 heavy (non-hydrogen) atoms. The maximum absolute atomic E-state index is 12.5.